The summed E-state index contributed by atoms with van der Waals surface area (Å²) >= 11 is 0. The molecule has 0 saturated heterocycles. The van der Waals surface area contributed by atoms with E-state index in [9.17, 15) is 9.30 Å². The lowest BCUT2D eigenvalue weighted by Gasteiger charge is -2.28. The smallest absolute Gasteiger partial charge is 0.220 e. The average molecular weight is 286 g/mol. The van der Waals surface area contributed by atoms with Crippen molar-refractivity contribution in [1.29, 1.82) is 0 Å². The van der Waals surface area contributed by atoms with Crippen molar-refractivity contribution in [2.75, 3.05) is 5.73 Å². The lowest BCUT2D eigenvalue weighted by atomic mass is 9.79. The second-order valence-electron chi connectivity index (χ2n) is 5.34. The van der Waals surface area contributed by atoms with Crippen LogP contribution in [0.4, 0.5) is 10.3 Å². The highest BCUT2D eigenvalue weighted by molar-refractivity contribution is 5.38. The molecular formula is C15H15FN4O. The van der Waals surface area contributed by atoms with E-state index in [0.29, 0.717) is 18.5 Å². The lowest BCUT2D eigenvalue weighted by molar-refractivity contribution is 0.487. The van der Waals surface area contributed by atoms with E-state index >= 15 is 0 Å². The van der Waals surface area contributed by atoms with Crippen molar-refractivity contribution in [3.05, 3.63) is 57.5 Å². The Morgan fingerprint density at radius 2 is 2.19 bits per heavy atom. The van der Waals surface area contributed by atoms with Crippen LogP contribution in [0.15, 0.2) is 29.4 Å². The molecule has 2 aromatic rings. The molecule has 3 rings (SSSR count). The summed E-state index contributed by atoms with van der Waals surface area (Å²) < 4.78 is 13.4. The van der Waals surface area contributed by atoms with Crippen LogP contribution in [0.3, 0.4) is 0 Å². The highest BCUT2D eigenvalue weighted by Gasteiger charge is 2.32. The van der Waals surface area contributed by atoms with Crippen LogP contribution in [-0.2, 0) is 6.42 Å². The number of nitrogens with two attached hydrogens (primary N) is 1. The van der Waals surface area contributed by atoms with Crippen molar-refractivity contribution >= 4 is 5.95 Å². The summed E-state index contributed by atoms with van der Waals surface area (Å²) in [5.74, 6) is -0.0901. The first-order valence-electron chi connectivity index (χ1n) is 6.79. The third-order valence-corrected chi connectivity index (χ3v) is 3.96. The summed E-state index contributed by atoms with van der Waals surface area (Å²) in [6, 6.07) is 5.92. The Labute approximate surface area is 121 Å². The Bertz CT molecular complexity index is 704. The van der Waals surface area contributed by atoms with Gasteiger partial charge in [-0.05, 0) is 43.4 Å². The third-order valence-electron chi connectivity index (χ3n) is 3.96. The van der Waals surface area contributed by atoms with Gasteiger partial charge in [-0.25, -0.2) is 14.4 Å². The number of nitrogens with zero attached hydrogens (tertiary/aromatic N) is 3. The first-order valence-corrected chi connectivity index (χ1v) is 6.79. The largest absolute Gasteiger partial charge is 0.368 e. The number of rotatable bonds is 2. The number of hydrogen-bond donors (Lipinski definition) is 1. The zero-order valence-electron chi connectivity index (χ0n) is 11.6. The van der Waals surface area contributed by atoms with Gasteiger partial charge in [0, 0.05) is 11.3 Å². The molecule has 2 unspecified atom stereocenters. The minimum Gasteiger partial charge on any atom is -0.368 e. The molecule has 0 aliphatic heterocycles. The summed E-state index contributed by atoms with van der Waals surface area (Å²) in [5.41, 5.74) is 8.74. The topological polar surface area (TPSA) is 81.2 Å². The van der Waals surface area contributed by atoms with E-state index in [1.807, 2.05) is 6.07 Å². The van der Waals surface area contributed by atoms with Gasteiger partial charge >= 0.3 is 0 Å². The van der Waals surface area contributed by atoms with E-state index in [4.69, 9.17) is 5.73 Å². The minimum absolute atomic E-state index is 0.00426. The molecule has 1 aromatic heterocycles. The maximum atomic E-state index is 13.4. The van der Waals surface area contributed by atoms with Crippen molar-refractivity contribution in [2.24, 2.45) is 5.18 Å². The van der Waals surface area contributed by atoms with Gasteiger partial charge in [-0.3, -0.25) is 0 Å². The fourth-order valence-electron chi connectivity index (χ4n) is 3.07. The highest BCUT2D eigenvalue weighted by atomic mass is 19.1. The summed E-state index contributed by atoms with van der Waals surface area (Å²) in [5, 5.41) is 3.21. The van der Waals surface area contributed by atoms with E-state index in [1.165, 1.54) is 12.1 Å². The van der Waals surface area contributed by atoms with Crippen LogP contribution in [0.5, 0.6) is 0 Å². The van der Waals surface area contributed by atoms with Gasteiger partial charge < -0.3 is 5.73 Å². The number of aromatic nitrogens is 2. The second kappa shape index (κ2) is 5.20. The van der Waals surface area contributed by atoms with E-state index < -0.39 is 6.04 Å². The van der Waals surface area contributed by atoms with Gasteiger partial charge in [0.15, 0.2) is 0 Å². The molecule has 1 heterocycles. The van der Waals surface area contributed by atoms with E-state index in [0.717, 1.165) is 16.8 Å². The van der Waals surface area contributed by atoms with E-state index in [-0.39, 0.29) is 17.7 Å². The molecule has 0 radical (unpaired) electrons. The monoisotopic (exact) mass is 286 g/mol. The Hall–Kier alpha value is -2.37. The number of anilines is 1. The minimum atomic E-state index is -0.511. The molecule has 2 N–H and O–H groups in total. The molecule has 6 heteroatoms. The normalized spacial score (nSPS) is 20.9. The first kappa shape index (κ1) is 13.6. The zero-order valence-corrected chi connectivity index (χ0v) is 11.6. The highest BCUT2D eigenvalue weighted by Crippen LogP contribution is 2.41. The molecule has 1 aromatic carbocycles. The van der Waals surface area contributed by atoms with Crippen molar-refractivity contribution in [2.45, 2.75) is 31.7 Å². The summed E-state index contributed by atoms with van der Waals surface area (Å²) in [7, 11) is 0. The van der Waals surface area contributed by atoms with Gasteiger partial charge in [-0.15, -0.1) is 0 Å². The number of fused-ring (bicyclic) bond motifs is 1. The summed E-state index contributed by atoms with van der Waals surface area (Å²) in [6.07, 6.45) is 1.15. The van der Waals surface area contributed by atoms with Gasteiger partial charge in [0.25, 0.3) is 0 Å². The fraction of sp³-hybridized carbons (Fsp3) is 0.333. The van der Waals surface area contributed by atoms with Gasteiger partial charge in [0.1, 0.15) is 11.9 Å². The van der Waals surface area contributed by atoms with E-state index in [1.54, 1.807) is 13.0 Å². The summed E-state index contributed by atoms with van der Waals surface area (Å²) in [4.78, 5) is 19.5. The number of aryl methyl sites for hydroxylation is 1. The quantitative estimate of drug-likeness (QED) is 0.860. The lowest BCUT2D eigenvalue weighted by Crippen LogP contribution is -2.20. The maximum Gasteiger partial charge on any atom is 0.220 e. The number of benzene rings is 1. The predicted octanol–water partition coefficient (Wildman–Crippen LogP) is 3.04. The molecule has 1 aliphatic carbocycles. The molecular weight excluding hydrogens is 271 g/mol. The van der Waals surface area contributed by atoms with Gasteiger partial charge in [-0.2, -0.15) is 4.91 Å². The fourth-order valence-corrected chi connectivity index (χ4v) is 3.07. The molecule has 0 fully saturated rings. The molecule has 108 valence electrons. The Balaban J connectivity index is 2.04. The van der Waals surface area contributed by atoms with Crippen molar-refractivity contribution in [3.8, 4) is 0 Å². The van der Waals surface area contributed by atoms with Crippen LogP contribution in [0.1, 0.15) is 40.9 Å². The number of nitrogen functional groups attached to an aromatic ring is 1. The molecule has 0 amide bonds. The van der Waals surface area contributed by atoms with Crippen molar-refractivity contribution < 1.29 is 4.39 Å². The molecule has 0 bridgehead atoms. The number of nitroso groups, excluding NO2 is 1. The maximum absolute atomic E-state index is 13.4. The van der Waals surface area contributed by atoms with E-state index in [2.05, 4.69) is 15.1 Å². The van der Waals surface area contributed by atoms with Crippen LogP contribution < -0.4 is 5.73 Å². The van der Waals surface area contributed by atoms with Crippen LogP contribution in [0, 0.1) is 17.6 Å². The van der Waals surface area contributed by atoms with Crippen LogP contribution in [-0.4, -0.2) is 9.97 Å². The molecule has 0 saturated carbocycles. The third kappa shape index (κ3) is 2.49. The standard InChI is InChI=1S/C15H15FN4O/c1-8-14-12(19-15(17)18-8)6-10(7-13(14)20-21)9-3-2-4-11(16)5-9/h2-5,10,13H,6-7H2,1H3,(H2,17,18,19). The van der Waals surface area contributed by atoms with Gasteiger partial charge in [0.05, 0.1) is 5.69 Å². The van der Waals surface area contributed by atoms with Crippen LogP contribution in [0.25, 0.3) is 0 Å². The molecule has 1 aliphatic rings. The average Bonchev–Trinajstić information content (AvgIpc) is 2.45. The van der Waals surface area contributed by atoms with Gasteiger partial charge in [-0.1, -0.05) is 17.3 Å². The van der Waals surface area contributed by atoms with Gasteiger partial charge in [0.2, 0.25) is 5.95 Å². The van der Waals surface area contributed by atoms with Crippen LogP contribution >= 0.6 is 0 Å². The molecule has 2 atom stereocenters. The number of hydrogen-bond acceptors (Lipinski definition) is 5. The van der Waals surface area contributed by atoms with Crippen molar-refractivity contribution in [3.63, 3.8) is 0 Å². The Morgan fingerprint density at radius 3 is 2.90 bits per heavy atom. The van der Waals surface area contributed by atoms with Crippen molar-refractivity contribution in [1.82, 2.24) is 9.97 Å². The number of halogens is 1. The first-order chi connectivity index (χ1) is 10.1. The van der Waals surface area contributed by atoms with Crippen LogP contribution in [0.2, 0.25) is 0 Å². The molecule has 21 heavy (non-hydrogen) atoms. The molecule has 5 nitrogen and oxygen atoms in total. The zero-order chi connectivity index (χ0) is 15.0. The Morgan fingerprint density at radius 1 is 1.38 bits per heavy atom. The summed E-state index contributed by atoms with van der Waals surface area (Å²) in [6.45, 7) is 1.80. The second-order valence-corrected chi connectivity index (χ2v) is 5.34. The SMILES string of the molecule is Cc1nc(N)nc2c1C(N=O)CC(c1cccc(F)c1)C2. The Kier molecular flexibility index (Phi) is 3.37. The predicted molar refractivity (Wildman–Crippen MR) is 77.2 cm³/mol. The molecule has 0 spiro atoms.